The van der Waals surface area contributed by atoms with E-state index >= 15 is 0 Å². The summed E-state index contributed by atoms with van der Waals surface area (Å²) in [4.78, 5) is 6.55. The summed E-state index contributed by atoms with van der Waals surface area (Å²) in [6.07, 6.45) is 6.69. The zero-order valence-corrected chi connectivity index (χ0v) is 19.0. The molecule has 0 atom stereocenters. The lowest BCUT2D eigenvalue weighted by Crippen LogP contribution is -2.34. The van der Waals surface area contributed by atoms with Gasteiger partial charge >= 0.3 is 0 Å². The molecule has 10 heteroatoms. The van der Waals surface area contributed by atoms with Crippen LogP contribution < -0.4 is 4.72 Å². The van der Waals surface area contributed by atoms with E-state index in [-0.39, 0.29) is 10.8 Å². The molecule has 1 fully saturated rings. The van der Waals surface area contributed by atoms with Gasteiger partial charge in [-0.25, -0.2) is 22.5 Å². The van der Waals surface area contributed by atoms with Gasteiger partial charge in [0.1, 0.15) is 11.5 Å². The number of nitrogens with zero attached hydrogens (tertiary/aromatic N) is 4. The highest BCUT2D eigenvalue weighted by Gasteiger charge is 2.25. The number of unbranched alkanes of at least 4 members (excludes halogenated alkanes) is 1. The van der Waals surface area contributed by atoms with E-state index < -0.39 is 10.0 Å². The molecule has 174 valence electrons. The van der Waals surface area contributed by atoms with Crippen LogP contribution in [0.15, 0.2) is 58.3 Å². The molecule has 4 heterocycles. The molecule has 1 saturated heterocycles. The van der Waals surface area contributed by atoms with E-state index in [1.54, 1.807) is 28.8 Å². The summed E-state index contributed by atoms with van der Waals surface area (Å²) in [7, 11) is -3.60. The number of hydrogen-bond acceptors (Lipinski definition) is 6. The Bertz CT molecular complexity index is 1360. The Kier molecular flexibility index (Phi) is 6.13. The van der Waals surface area contributed by atoms with Crippen LogP contribution in [0.1, 0.15) is 37.3 Å². The number of piperidine rings is 1. The molecule has 0 saturated carbocycles. The summed E-state index contributed by atoms with van der Waals surface area (Å²) in [5.41, 5.74) is 2.03. The van der Waals surface area contributed by atoms with Crippen LogP contribution in [-0.4, -0.2) is 54.0 Å². The zero-order valence-electron chi connectivity index (χ0n) is 18.2. The second kappa shape index (κ2) is 9.20. The second-order valence-electron chi connectivity index (χ2n) is 8.45. The molecule has 0 radical (unpaired) electrons. The quantitative estimate of drug-likeness (QED) is 0.395. The normalized spacial score (nSPS) is 16.2. The third kappa shape index (κ3) is 4.64. The molecule has 4 aromatic rings. The highest BCUT2D eigenvalue weighted by molar-refractivity contribution is 7.89. The van der Waals surface area contributed by atoms with Crippen molar-refractivity contribution in [1.29, 1.82) is 0 Å². The molecule has 0 aliphatic carbocycles. The van der Waals surface area contributed by atoms with Crippen LogP contribution in [0.4, 0.5) is 4.39 Å². The Balaban J connectivity index is 1.07. The first-order valence-corrected chi connectivity index (χ1v) is 12.7. The van der Waals surface area contributed by atoms with Gasteiger partial charge in [0.05, 0.1) is 11.9 Å². The number of imidazole rings is 1. The van der Waals surface area contributed by atoms with Gasteiger partial charge in [0.25, 0.3) is 10.0 Å². The van der Waals surface area contributed by atoms with E-state index in [0.717, 1.165) is 56.4 Å². The zero-order chi connectivity index (χ0) is 22.8. The molecule has 0 unspecified atom stereocenters. The van der Waals surface area contributed by atoms with Crippen molar-refractivity contribution in [3.8, 4) is 0 Å². The van der Waals surface area contributed by atoms with E-state index in [4.69, 9.17) is 4.52 Å². The molecule has 1 N–H and O–H groups in total. The van der Waals surface area contributed by atoms with Crippen LogP contribution in [-0.2, 0) is 10.0 Å². The Morgan fingerprint density at radius 2 is 2.00 bits per heavy atom. The molecule has 33 heavy (non-hydrogen) atoms. The topological polar surface area (TPSA) is 92.7 Å². The number of benzene rings is 1. The number of aromatic nitrogens is 3. The molecule has 3 aromatic heterocycles. The predicted octanol–water partition coefficient (Wildman–Crippen LogP) is 3.55. The van der Waals surface area contributed by atoms with Crippen molar-refractivity contribution in [3.63, 3.8) is 0 Å². The third-order valence-corrected chi connectivity index (χ3v) is 7.72. The van der Waals surface area contributed by atoms with Gasteiger partial charge in [0, 0.05) is 30.1 Å². The monoisotopic (exact) mass is 471 g/mol. The average molecular weight is 472 g/mol. The lowest BCUT2D eigenvalue weighted by Gasteiger charge is -2.31. The minimum Gasteiger partial charge on any atom is -0.356 e. The maximum atomic E-state index is 13.4. The maximum absolute atomic E-state index is 13.4. The summed E-state index contributed by atoms with van der Waals surface area (Å²) < 4.78 is 48.2. The van der Waals surface area contributed by atoms with Crippen LogP contribution in [0.5, 0.6) is 0 Å². The first kappa shape index (κ1) is 22.0. The van der Waals surface area contributed by atoms with Crippen molar-refractivity contribution in [2.45, 2.75) is 36.6 Å². The van der Waals surface area contributed by atoms with Gasteiger partial charge in [-0.1, -0.05) is 11.2 Å². The SMILES string of the molecule is O=S(=O)(NCCCCN1CCC(c2noc3cc(F)ccc23)CC1)c1cnc2ccccn12. The minimum absolute atomic E-state index is 0.156. The Hall–Kier alpha value is -2.82. The van der Waals surface area contributed by atoms with E-state index in [0.29, 0.717) is 23.7 Å². The van der Waals surface area contributed by atoms with E-state index in [1.165, 1.54) is 18.3 Å². The molecule has 8 nitrogen and oxygen atoms in total. The Labute approximate surface area is 191 Å². The van der Waals surface area contributed by atoms with Crippen LogP contribution in [0.25, 0.3) is 16.6 Å². The number of hydrogen-bond donors (Lipinski definition) is 1. The van der Waals surface area contributed by atoms with E-state index in [2.05, 4.69) is 19.8 Å². The van der Waals surface area contributed by atoms with Crippen molar-refractivity contribution >= 4 is 26.6 Å². The lowest BCUT2D eigenvalue weighted by atomic mass is 9.91. The molecule has 1 aliphatic rings. The number of pyridine rings is 1. The second-order valence-corrected chi connectivity index (χ2v) is 10.2. The molecule has 1 aliphatic heterocycles. The van der Waals surface area contributed by atoms with Crippen LogP contribution in [0.2, 0.25) is 0 Å². The molecular formula is C23H26FN5O3S. The van der Waals surface area contributed by atoms with Crippen molar-refractivity contribution in [2.24, 2.45) is 0 Å². The number of fused-ring (bicyclic) bond motifs is 2. The lowest BCUT2D eigenvalue weighted by molar-refractivity contribution is 0.206. The molecular weight excluding hydrogens is 445 g/mol. The maximum Gasteiger partial charge on any atom is 0.258 e. The van der Waals surface area contributed by atoms with Crippen molar-refractivity contribution in [3.05, 3.63) is 60.3 Å². The van der Waals surface area contributed by atoms with Gasteiger partial charge in [0.15, 0.2) is 10.6 Å². The van der Waals surface area contributed by atoms with E-state index in [9.17, 15) is 12.8 Å². The molecule has 0 spiro atoms. The predicted molar refractivity (Wildman–Crippen MR) is 122 cm³/mol. The summed E-state index contributed by atoms with van der Waals surface area (Å²) in [5, 5.41) is 5.26. The number of sulfonamides is 1. The standard InChI is InChI=1S/C23H26FN5O3S/c24-18-6-7-19-20(15-18)32-27-23(19)17-8-13-28(14-9-17)11-4-2-10-26-33(30,31)22-16-25-21-5-1-3-12-29(21)22/h1,3,5-7,12,15-17,26H,2,4,8-11,13-14H2. The summed E-state index contributed by atoms with van der Waals surface area (Å²) in [5.74, 6) is -0.00824. The van der Waals surface area contributed by atoms with Crippen LogP contribution >= 0.6 is 0 Å². The van der Waals surface area contributed by atoms with Gasteiger partial charge in [-0.05, 0) is 69.6 Å². The number of likely N-dealkylation sites (tertiary alicyclic amines) is 1. The van der Waals surface area contributed by atoms with Crippen LogP contribution in [0, 0.1) is 5.82 Å². The highest BCUT2D eigenvalue weighted by atomic mass is 32.2. The van der Waals surface area contributed by atoms with Gasteiger partial charge in [-0.15, -0.1) is 0 Å². The summed E-state index contributed by atoms with van der Waals surface area (Å²) in [6.45, 7) is 3.22. The average Bonchev–Trinajstić information content (AvgIpc) is 3.44. The molecule has 5 rings (SSSR count). The summed E-state index contributed by atoms with van der Waals surface area (Å²) in [6, 6.07) is 9.95. The highest BCUT2D eigenvalue weighted by Crippen LogP contribution is 2.32. The third-order valence-electron chi connectivity index (χ3n) is 6.29. The van der Waals surface area contributed by atoms with Crippen LogP contribution in [0.3, 0.4) is 0 Å². The Morgan fingerprint density at radius 1 is 1.15 bits per heavy atom. The first-order valence-electron chi connectivity index (χ1n) is 11.2. The van der Waals surface area contributed by atoms with Crippen molar-refractivity contribution < 1.29 is 17.3 Å². The largest absolute Gasteiger partial charge is 0.356 e. The van der Waals surface area contributed by atoms with Crippen molar-refractivity contribution in [2.75, 3.05) is 26.2 Å². The molecule has 0 bridgehead atoms. The van der Waals surface area contributed by atoms with Crippen molar-refractivity contribution in [1.82, 2.24) is 24.2 Å². The fraction of sp³-hybridized carbons (Fsp3) is 0.391. The van der Waals surface area contributed by atoms with Gasteiger partial charge in [0.2, 0.25) is 0 Å². The summed E-state index contributed by atoms with van der Waals surface area (Å²) >= 11 is 0. The van der Waals surface area contributed by atoms with E-state index in [1.807, 2.05) is 6.07 Å². The number of rotatable bonds is 8. The fourth-order valence-corrected chi connectivity index (χ4v) is 5.67. The fourth-order valence-electron chi connectivity index (χ4n) is 4.50. The number of nitrogens with one attached hydrogen (secondary N) is 1. The smallest absolute Gasteiger partial charge is 0.258 e. The Morgan fingerprint density at radius 3 is 2.85 bits per heavy atom. The number of halogens is 1. The molecule has 0 amide bonds. The van der Waals surface area contributed by atoms with Gasteiger partial charge in [-0.2, -0.15) is 0 Å². The first-order chi connectivity index (χ1) is 16.0. The minimum atomic E-state index is -3.60. The van der Waals surface area contributed by atoms with Gasteiger partial charge in [-0.3, -0.25) is 4.40 Å². The molecule has 1 aromatic carbocycles. The van der Waals surface area contributed by atoms with Gasteiger partial charge < -0.3 is 9.42 Å².